The molecule has 0 unspecified atom stereocenters. The van der Waals surface area contributed by atoms with Gasteiger partial charge in [-0.1, -0.05) is 0 Å². The monoisotopic (exact) mass is 437 g/mol. The number of rotatable bonds is 6. The van der Waals surface area contributed by atoms with Gasteiger partial charge >= 0.3 is 0 Å². The van der Waals surface area contributed by atoms with Crippen LogP contribution < -0.4 is 14.4 Å². The van der Waals surface area contributed by atoms with Crippen LogP contribution in [0.15, 0.2) is 36.4 Å². The fraction of sp³-hybridized carbons (Fsp3) is 0.440. The van der Waals surface area contributed by atoms with Crippen LogP contribution in [0.2, 0.25) is 0 Å². The second kappa shape index (κ2) is 9.61. The van der Waals surface area contributed by atoms with E-state index in [1.165, 1.54) is 5.56 Å². The number of amides is 1. The Bertz CT molecular complexity index is 981. The predicted octanol–water partition coefficient (Wildman–Crippen LogP) is 2.61. The van der Waals surface area contributed by atoms with E-state index in [0.29, 0.717) is 18.8 Å². The number of hydrogen-bond acceptors (Lipinski definition) is 6. The van der Waals surface area contributed by atoms with Crippen molar-refractivity contribution >= 4 is 17.4 Å². The summed E-state index contributed by atoms with van der Waals surface area (Å²) < 4.78 is 10.8. The maximum Gasteiger partial charge on any atom is 0.237 e. The SMILES string of the molecule is COc1cc2c(cc1OC)CN(C(=O)CN1CCN(c3ccc(C(C)=O)cc3)CC1)CC2. The minimum Gasteiger partial charge on any atom is -0.493 e. The fourth-order valence-corrected chi connectivity index (χ4v) is 4.46. The molecule has 2 aliphatic heterocycles. The number of piperazine rings is 1. The molecule has 1 saturated heterocycles. The third-order valence-corrected chi connectivity index (χ3v) is 6.44. The Labute approximate surface area is 189 Å². The van der Waals surface area contributed by atoms with Crippen molar-refractivity contribution in [2.75, 3.05) is 58.4 Å². The molecule has 32 heavy (non-hydrogen) atoms. The maximum absolute atomic E-state index is 13.0. The van der Waals surface area contributed by atoms with Crippen molar-refractivity contribution in [2.24, 2.45) is 0 Å². The molecule has 170 valence electrons. The lowest BCUT2D eigenvalue weighted by Crippen LogP contribution is -2.50. The van der Waals surface area contributed by atoms with Gasteiger partial charge < -0.3 is 19.3 Å². The lowest BCUT2D eigenvalue weighted by Gasteiger charge is -2.37. The van der Waals surface area contributed by atoms with Crippen LogP contribution in [0.4, 0.5) is 5.69 Å². The number of nitrogens with zero attached hydrogens (tertiary/aromatic N) is 3. The molecule has 7 heteroatoms. The first-order valence-electron chi connectivity index (χ1n) is 11.1. The molecule has 2 aliphatic rings. The van der Waals surface area contributed by atoms with Crippen LogP contribution in [0.25, 0.3) is 0 Å². The fourth-order valence-electron chi connectivity index (χ4n) is 4.46. The summed E-state index contributed by atoms with van der Waals surface area (Å²) in [6.07, 6.45) is 0.825. The summed E-state index contributed by atoms with van der Waals surface area (Å²) in [6, 6.07) is 11.8. The van der Waals surface area contributed by atoms with Crippen molar-refractivity contribution in [3.8, 4) is 11.5 Å². The highest BCUT2D eigenvalue weighted by Crippen LogP contribution is 2.33. The molecular formula is C25H31N3O4. The van der Waals surface area contributed by atoms with Gasteiger partial charge in [0.25, 0.3) is 0 Å². The van der Waals surface area contributed by atoms with Crippen LogP contribution in [-0.2, 0) is 17.8 Å². The number of ketones is 1. The molecule has 4 rings (SSSR count). The van der Waals surface area contributed by atoms with Crippen LogP contribution in [-0.4, -0.2) is 75.0 Å². The van der Waals surface area contributed by atoms with Crippen LogP contribution in [0.1, 0.15) is 28.4 Å². The molecule has 0 aliphatic carbocycles. The Balaban J connectivity index is 1.31. The molecule has 1 fully saturated rings. The van der Waals surface area contributed by atoms with Crippen LogP contribution >= 0.6 is 0 Å². The Morgan fingerprint density at radius 2 is 1.50 bits per heavy atom. The van der Waals surface area contributed by atoms with Crippen molar-refractivity contribution in [1.29, 1.82) is 0 Å². The molecule has 0 spiro atoms. The molecule has 0 bridgehead atoms. The van der Waals surface area contributed by atoms with Gasteiger partial charge in [-0.25, -0.2) is 0 Å². The summed E-state index contributed by atoms with van der Waals surface area (Å²) in [5.74, 6) is 1.69. The third-order valence-electron chi connectivity index (χ3n) is 6.44. The third kappa shape index (κ3) is 4.72. The molecule has 0 N–H and O–H groups in total. The average Bonchev–Trinajstić information content (AvgIpc) is 2.83. The quantitative estimate of drug-likeness (QED) is 0.648. The van der Waals surface area contributed by atoms with Crippen molar-refractivity contribution in [2.45, 2.75) is 19.9 Å². The molecule has 0 aromatic heterocycles. The van der Waals surface area contributed by atoms with Gasteiger partial charge in [0.15, 0.2) is 17.3 Å². The zero-order valence-electron chi connectivity index (χ0n) is 19.1. The number of carbonyl (C=O) groups excluding carboxylic acids is 2. The van der Waals surface area contributed by atoms with Crippen LogP contribution in [0.5, 0.6) is 11.5 Å². The van der Waals surface area contributed by atoms with Crippen LogP contribution in [0.3, 0.4) is 0 Å². The van der Waals surface area contributed by atoms with E-state index in [2.05, 4.69) is 9.80 Å². The Hall–Kier alpha value is -3.06. The molecule has 0 saturated carbocycles. The Morgan fingerprint density at radius 3 is 2.09 bits per heavy atom. The largest absolute Gasteiger partial charge is 0.493 e. The van der Waals surface area contributed by atoms with Gasteiger partial charge in [-0.3, -0.25) is 14.5 Å². The first-order chi connectivity index (χ1) is 15.5. The summed E-state index contributed by atoms with van der Waals surface area (Å²) in [4.78, 5) is 30.9. The van der Waals surface area contributed by atoms with Crippen molar-refractivity contribution in [3.63, 3.8) is 0 Å². The number of carbonyl (C=O) groups is 2. The van der Waals surface area contributed by atoms with Gasteiger partial charge in [0.05, 0.1) is 20.8 Å². The maximum atomic E-state index is 13.0. The lowest BCUT2D eigenvalue weighted by atomic mass is 9.98. The van der Waals surface area contributed by atoms with E-state index in [1.807, 2.05) is 41.3 Å². The average molecular weight is 438 g/mol. The van der Waals surface area contributed by atoms with E-state index in [9.17, 15) is 9.59 Å². The molecule has 2 heterocycles. The van der Waals surface area contributed by atoms with Gasteiger partial charge in [0, 0.05) is 50.5 Å². The predicted molar refractivity (Wildman–Crippen MR) is 124 cm³/mol. The Kier molecular flexibility index (Phi) is 6.65. The van der Waals surface area contributed by atoms with Gasteiger partial charge in [0.2, 0.25) is 5.91 Å². The number of benzene rings is 2. The summed E-state index contributed by atoms with van der Waals surface area (Å²) in [6.45, 7) is 6.78. The molecular weight excluding hydrogens is 406 g/mol. The highest BCUT2D eigenvalue weighted by molar-refractivity contribution is 5.94. The number of anilines is 1. The number of ether oxygens (including phenoxy) is 2. The molecule has 7 nitrogen and oxygen atoms in total. The van der Waals surface area contributed by atoms with E-state index in [4.69, 9.17) is 9.47 Å². The standard InChI is InChI=1S/C25H31N3O4/c1-18(29)19-4-6-22(7-5-19)27-12-10-26(11-13-27)17-25(30)28-9-8-20-14-23(31-2)24(32-3)15-21(20)16-28/h4-7,14-15H,8-13,16-17H2,1-3H3. The number of hydrogen-bond donors (Lipinski definition) is 0. The van der Waals surface area contributed by atoms with Gasteiger partial charge in [-0.05, 0) is 60.9 Å². The zero-order valence-corrected chi connectivity index (χ0v) is 19.1. The van der Waals surface area contributed by atoms with Gasteiger partial charge in [-0.15, -0.1) is 0 Å². The smallest absolute Gasteiger partial charge is 0.237 e. The van der Waals surface area contributed by atoms with Crippen LogP contribution in [0, 0.1) is 0 Å². The summed E-state index contributed by atoms with van der Waals surface area (Å²) >= 11 is 0. The van der Waals surface area contributed by atoms with E-state index < -0.39 is 0 Å². The molecule has 1 amide bonds. The van der Waals surface area contributed by atoms with Crippen molar-refractivity contribution in [1.82, 2.24) is 9.80 Å². The normalized spacial score (nSPS) is 16.5. The van der Waals surface area contributed by atoms with Gasteiger partial charge in [0.1, 0.15) is 0 Å². The van der Waals surface area contributed by atoms with E-state index in [-0.39, 0.29) is 11.7 Å². The molecule has 2 aromatic rings. The zero-order chi connectivity index (χ0) is 22.7. The summed E-state index contributed by atoms with van der Waals surface area (Å²) in [7, 11) is 3.27. The minimum absolute atomic E-state index is 0.0813. The highest BCUT2D eigenvalue weighted by Gasteiger charge is 2.26. The first kappa shape index (κ1) is 22.1. The second-order valence-corrected chi connectivity index (χ2v) is 8.41. The molecule has 0 atom stereocenters. The van der Waals surface area contributed by atoms with E-state index >= 15 is 0 Å². The second-order valence-electron chi connectivity index (χ2n) is 8.41. The molecule has 2 aromatic carbocycles. The summed E-state index contributed by atoms with van der Waals surface area (Å²) in [5.41, 5.74) is 4.20. The highest BCUT2D eigenvalue weighted by atomic mass is 16.5. The van der Waals surface area contributed by atoms with E-state index in [0.717, 1.165) is 61.7 Å². The minimum atomic E-state index is 0.0813. The first-order valence-corrected chi connectivity index (χ1v) is 11.1. The van der Waals surface area contributed by atoms with Gasteiger partial charge in [-0.2, -0.15) is 0 Å². The molecule has 0 radical (unpaired) electrons. The van der Waals surface area contributed by atoms with E-state index in [1.54, 1.807) is 21.1 Å². The Morgan fingerprint density at radius 1 is 0.875 bits per heavy atom. The lowest BCUT2D eigenvalue weighted by molar-refractivity contribution is -0.133. The number of Topliss-reactive ketones (excluding diaryl/α,β-unsaturated/α-hetero) is 1. The topological polar surface area (TPSA) is 62.3 Å². The number of methoxy groups -OCH3 is 2. The summed E-state index contributed by atoms with van der Waals surface area (Å²) in [5, 5.41) is 0. The number of fused-ring (bicyclic) bond motifs is 1. The van der Waals surface area contributed by atoms with Crippen molar-refractivity contribution in [3.05, 3.63) is 53.1 Å². The van der Waals surface area contributed by atoms with Crippen molar-refractivity contribution < 1.29 is 19.1 Å².